The summed E-state index contributed by atoms with van der Waals surface area (Å²) in [6.07, 6.45) is 1.91. The molecule has 1 N–H and O–H groups in total. The molecular formula is C19H17N3. The predicted octanol–water partition coefficient (Wildman–Crippen LogP) is 5.23. The standard InChI is InChI=1S/C19H17N3/c1-13-8-9-18-16(10-13)21-17-11-14(2)12-20-19(17)22(18)15-6-4-3-5-7-15/h3-12,21H,1-2H3. The number of hydrogen-bond acceptors (Lipinski definition) is 3. The Bertz CT molecular complexity index is 789. The molecule has 2 aromatic carbocycles. The average molecular weight is 287 g/mol. The first-order chi connectivity index (χ1) is 10.7. The molecule has 4 rings (SSSR count). The van der Waals surface area contributed by atoms with Gasteiger partial charge in [0.05, 0.1) is 17.1 Å². The van der Waals surface area contributed by atoms with Gasteiger partial charge in [0.1, 0.15) is 0 Å². The SMILES string of the molecule is Cc1ccc2c(c1)Nc1cc(C)cnc1N2c1ccccc1. The van der Waals surface area contributed by atoms with Crippen LogP contribution in [0.1, 0.15) is 11.1 Å². The van der Waals surface area contributed by atoms with Gasteiger partial charge >= 0.3 is 0 Å². The van der Waals surface area contributed by atoms with Gasteiger partial charge in [0, 0.05) is 11.9 Å². The first-order valence-electron chi connectivity index (χ1n) is 7.42. The minimum absolute atomic E-state index is 0.938. The Morgan fingerprint density at radius 3 is 2.45 bits per heavy atom. The molecule has 3 aromatic rings. The van der Waals surface area contributed by atoms with E-state index in [9.17, 15) is 0 Å². The van der Waals surface area contributed by atoms with Crippen LogP contribution in [0.4, 0.5) is 28.6 Å². The van der Waals surface area contributed by atoms with Crippen molar-refractivity contribution in [1.29, 1.82) is 0 Å². The molecule has 0 amide bonds. The van der Waals surface area contributed by atoms with Crippen molar-refractivity contribution in [1.82, 2.24) is 4.98 Å². The van der Waals surface area contributed by atoms with E-state index in [0.29, 0.717) is 0 Å². The lowest BCUT2D eigenvalue weighted by Crippen LogP contribution is -2.19. The molecule has 0 spiro atoms. The number of nitrogens with one attached hydrogen (secondary N) is 1. The van der Waals surface area contributed by atoms with Gasteiger partial charge in [-0.1, -0.05) is 24.3 Å². The van der Waals surface area contributed by atoms with Gasteiger partial charge in [-0.3, -0.25) is 4.90 Å². The molecule has 0 atom stereocenters. The molecule has 1 aliphatic heterocycles. The van der Waals surface area contributed by atoms with Gasteiger partial charge in [0.25, 0.3) is 0 Å². The third-order valence-corrected chi connectivity index (χ3v) is 3.89. The number of pyridine rings is 1. The van der Waals surface area contributed by atoms with Crippen LogP contribution in [-0.4, -0.2) is 4.98 Å². The lowest BCUT2D eigenvalue weighted by atomic mass is 10.1. The number of benzene rings is 2. The number of rotatable bonds is 1. The molecule has 3 nitrogen and oxygen atoms in total. The van der Waals surface area contributed by atoms with Gasteiger partial charge in [0.15, 0.2) is 5.82 Å². The van der Waals surface area contributed by atoms with Crippen molar-refractivity contribution < 1.29 is 0 Å². The largest absolute Gasteiger partial charge is 0.351 e. The van der Waals surface area contributed by atoms with Crippen molar-refractivity contribution >= 4 is 28.6 Å². The molecule has 0 saturated carbocycles. The fourth-order valence-electron chi connectivity index (χ4n) is 2.87. The van der Waals surface area contributed by atoms with Crippen molar-refractivity contribution in [2.24, 2.45) is 0 Å². The number of aromatic nitrogens is 1. The number of nitrogens with zero attached hydrogens (tertiary/aromatic N) is 2. The molecule has 0 aliphatic carbocycles. The quantitative estimate of drug-likeness (QED) is 0.520. The maximum absolute atomic E-state index is 4.66. The zero-order valence-corrected chi connectivity index (χ0v) is 12.7. The second-order valence-corrected chi connectivity index (χ2v) is 5.70. The zero-order chi connectivity index (χ0) is 15.1. The highest BCUT2D eigenvalue weighted by atomic mass is 15.2. The third-order valence-electron chi connectivity index (χ3n) is 3.89. The van der Waals surface area contributed by atoms with Crippen LogP contribution in [0.25, 0.3) is 0 Å². The summed E-state index contributed by atoms with van der Waals surface area (Å²) in [7, 11) is 0. The molecule has 0 fully saturated rings. The first-order valence-corrected chi connectivity index (χ1v) is 7.42. The van der Waals surface area contributed by atoms with E-state index in [1.54, 1.807) is 0 Å². The van der Waals surface area contributed by atoms with Crippen LogP contribution in [0.3, 0.4) is 0 Å². The predicted molar refractivity (Wildman–Crippen MR) is 91.7 cm³/mol. The molecule has 0 unspecified atom stereocenters. The Labute approximate surface area is 130 Å². The van der Waals surface area contributed by atoms with Gasteiger partial charge in [-0.05, 0) is 55.3 Å². The maximum Gasteiger partial charge on any atom is 0.161 e. The van der Waals surface area contributed by atoms with E-state index in [2.05, 4.69) is 77.6 Å². The third kappa shape index (κ3) is 2.02. The van der Waals surface area contributed by atoms with Gasteiger partial charge < -0.3 is 5.32 Å². The van der Waals surface area contributed by atoms with E-state index in [1.165, 1.54) is 5.56 Å². The number of fused-ring (bicyclic) bond motifs is 2. The summed E-state index contributed by atoms with van der Waals surface area (Å²) in [5.41, 5.74) is 6.79. The maximum atomic E-state index is 4.66. The van der Waals surface area contributed by atoms with Crippen molar-refractivity contribution in [3.8, 4) is 0 Å². The van der Waals surface area contributed by atoms with E-state index < -0.39 is 0 Å². The molecular weight excluding hydrogens is 270 g/mol. The van der Waals surface area contributed by atoms with Crippen LogP contribution in [0.15, 0.2) is 60.8 Å². The number of para-hydroxylation sites is 1. The van der Waals surface area contributed by atoms with E-state index in [1.807, 2.05) is 12.3 Å². The van der Waals surface area contributed by atoms with Gasteiger partial charge in [-0.2, -0.15) is 0 Å². The summed E-state index contributed by atoms with van der Waals surface area (Å²) in [6.45, 7) is 4.17. The summed E-state index contributed by atoms with van der Waals surface area (Å²) >= 11 is 0. The Morgan fingerprint density at radius 1 is 0.864 bits per heavy atom. The number of hydrogen-bond donors (Lipinski definition) is 1. The van der Waals surface area contributed by atoms with Crippen LogP contribution in [0, 0.1) is 13.8 Å². The highest BCUT2D eigenvalue weighted by Crippen LogP contribution is 2.46. The first kappa shape index (κ1) is 12.9. The molecule has 22 heavy (non-hydrogen) atoms. The van der Waals surface area contributed by atoms with Crippen molar-refractivity contribution in [3.05, 3.63) is 71.9 Å². The fourth-order valence-corrected chi connectivity index (χ4v) is 2.87. The van der Waals surface area contributed by atoms with E-state index in [-0.39, 0.29) is 0 Å². The lowest BCUT2D eigenvalue weighted by molar-refractivity contribution is 1.14. The summed E-state index contributed by atoms with van der Waals surface area (Å²) in [6, 6.07) is 19.0. The Balaban J connectivity index is 1.97. The van der Waals surface area contributed by atoms with Crippen LogP contribution in [0.5, 0.6) is 0 Å². The van der Waals surface area contributed by atoms with Crippen molar-refractivity contribution in [2.45, 2.75) is 13.8 Å². The second kappa shape index (κ2) is 4.88. The van der Waals surface area contributed by atoms with Crippen LogP contribution in [-0.2, 0) is 0 Å². The van der Waals surface area contributed by atoms with E-state index >= 15 is 0 Å². The summed E-state index contributed by atoms with van der Waals surface area (Å²) in [5, 5.41) is 3.52. The number of anilines is 5. The average Bonchev–Trinajstić information content (AvgIpc) is 2.53. The molecule has 108 valence electrons. The summed E-state index contributed by atoms with van der Waals surface area (Å²) < 4.78 is 0. The summed E-state index contributed by atoms with van der Waals surface area (Å²) in [5.74, 6) is 0.938. The smallest absolute Gasteiger partial charge is 0.161 e. The molecule has 0 radical (unpaired) electrons. The molecule has 0 bridgehead atoms. The van der Waals surface area contributed by atoms with Gasteiger partial charge in [-0.15, -0.1) is 0 Å². The zero-order valence-electron chi connectivity index (χ0n) is 12.7. The van der Waals surface area contributed by atoms with Crippen LogP contribution in [0.2, 0.25) is 0 Å². The highest BCUT2D eigenvalue weighted by molar-refractivity contribution is 5.95. The Hall–Kier alpha value is -2.81. The van der Waals surface area contributed by atoms with Crippen LogP contribution >= 0.6 is 0 Å². The van der Waals surface area contributed by atoms with Crippen molar-refractivity contribution in [3.63, 3.8) is 0 Å². The Morgan fingerprint density at radius 2 is 1.64 bits per heavy atom. The Kier molecular flexibility index (Phi) is 2.86. The molecule has 2 heterocycles. The van der Waals surface area contributed by atoms with E-state index in [4.69, 9.17) is 0 Å². The molecule has 1 aliphatic rings. The monoisotopic (exact) mass is 287 g/mol. The molecule has 3 heteroatoms. The second-order valence-electron chi connectivity index (χ2n) is 5.70. The fraction of sp³-hybridized carbons (Fsp3) is 0.105. The summed E-state index contributed by atoms with van der Waals surface area (Å²) in [4.78, 5) is 6.87. The normalized spacial score (nSPS) is 12.4. The lowest BCUT2D eigenvalue weighted by Gasteiger charge is -2.33. The topological polar surface area (TPSA) is 28.2 Å². The highest BCUT2D eigenvalue weighted by Gasteiger charge is 2.25. The van der Waals surface area contributed by atoms with Crippen LogP contribution < -0.4 is 10.2 Å². The minimum Gasteiger partial charge on any atom is -0.351 e. The minimum atomic E-state index is 0.938. The van der Waals surface area contributed by atoms with Gasteiger partial charge in [-0.25, -0.2) is 4.98 Å². The molecule has 0 saturated heterocycles. The van der Waals surface area contributed by atoms with Gasteiger partial charge in [0.2, 0.25) is 0 Å². The number of aryl methyl sites for hydroxylation is 2. The molecule has 1 aromatic heterocycles. The van der Waals surface area contributed by atoms with E-state index in [0.717, 1.165) is 34.1 Å². The van der Waals surface area contributed by atoms with Crippen molar-refractivity contribution in [2.75, 3.05) is 10.2 Å².